The van der Waals surface area contributed by atoms with E-state index in [2.05, 4.69) is 31.8 Å². The van der Waals surface area contributed by atoms with E-state index in [1.807, 2.05) is 36.4 Å². The van der Waals surface area contributed by atoms with Crippen molar-refractivity contribution < 1.29 is 19.1 Å². The monoisotopic (exact) mass is 735 g/mol. The van der Waals surface area contributed by atoms with Gasteiger partial charge in [0.2, 0.25) is 0 Å². The van der Waals surface area contributed by atoms with Crippen LogP contribution in [0.5, 0.6) is 11.5 Å². The molecular formula is C32H26BrCl4N3O4. The van der Waals surface area contributed by atoms with Crippen LogP contribution in [0.2, 0.25) is 20.1 Å². The first-order valence-corrected chi connectivity index (χ1v) is 15.5. The van der Waals surface area contributed by atoms with Crippen molar-refractivity contribution >= 4 is 80.4 Å². The van der Waals surface area contributed by atoms with Gasteiger partial charge in [0, 0.05) is 11.4 Å². The SMILES string of the molecule is C[C@@H](Oc1ccc(Cl)cc1Cl)C(=O)N[C@H](Cc1ccccc1)C(=O)N/N=C\c1ccc(OCc2ccc(Cl)c(Cl)c2)c(Br)c1. The molecule has 0 bridgehead atoms. The average Bonchev–Trinajstić information content (AvgIpc) is 3.00. The van der Waals surface area contributed by atoms with Crippen LogP contribution < -0.4 is 20.2 Å². The van der Waals surface area contributed by atoms with E-state index in [0.717, 1.165) is 11.1 Å². The van der Waals surface area contributed by atoms with Crippen molar-refractivity contribution in [2.24, 2.45) is 5.10 Å². The fourth-order valence-corrected chi connectivity index (χ4v) is 5.20. The first kappa shape index (κ1) is 33.6. The summed E-state index contributed by atoms with van der Waals surface area (Å²) in [6.07, 6.45) is 0.776. The maximum Gasteiger partial charge on any atom is 0.262 e. The Kier molecular flexibility index (Phi) is 12.3. The molecule has 7 nitrogen and oxygen atoms in total. The molecule has 0 fully saturated rings. The van der Waals surface area contributed by atoms with Gasteiger partial charge in [0.05, 0.1) is 25.8 Å². The third kappa shape index (κ3) is 9.87. The van der Waals surface area contributed by atoms with Gasteiger partial charge in [-0.05, 0) is 88.1 Å². The molecule has 0 aromatic heterocycles. The lowest BCUT2D eigenvalue weighted by Gasteiger charge is -2.21. The van der Waals surface area contributed by atoms with Gasteiger partial charge < -0.3 is 14.8 Å². The van der Waals surface area contributed by atoms with Crippen LogP contribution in [0.1, 0.15) is 23.6 Å². The highest BCUT2D eigenvalue weighted by molar-refractivity contribution is 9.10. The van der Waals surface area contributed by atoms with Crippen molar-refractivity contribution in [1.82, 2.24) is 10.7 Å². The molecule has 2 atom stereocenters. The van der Waals surface area contributed by atoms with E-state index < -0.39 is 24.0 Å². The van der Waals surface area contributed by atoms with Gasteiger partial charge in [0.25, 0.3) is 11.8 Å². The highest BCUT2D eigenvalue weighted by Crippen LogP contribution is 2.29. The lowest BCUT2D eigenvalue weighted by molar-refractivity contribution is -0.132. The summed E-state index contributed by atoms with van der Waals surface area (Å²) in [7, 11) is 0. The number of rotatable bonds is 12. The van der Waals surface area contributed by atoms with Crippen LogP contribution in [-0.2, 0) is 22.6 Å². The van der Waals surface area contributed by atoms with E-state index in [4.69, 9.17) is 55.9 Å². The summed E-state index contributed by atoms with van der Waals surface area (Å²) in [4.78, 5) is 26.2. The Labute approximate surface area is 283 Å². The van der Waals surface area contributed by atoms with Crippen LogP contribution >= 0.6 is 62.3 Å². The fourth-order valence-electron chi connectivity index (χ4n) is 3.92. The third-order valence-electron chi connectivity index (χ3n) is 6.21. The molecule has 12 heteroatoms. The number of nitrogens with zero attached hydrogens (tertiary/aromatic N) is 1. The molecular weight excluding hydrogens is 712 g/mol. The number of amides is 2. The highest BCUT2D eigenvalue weighted by atomic mass is 79.9. The number of benzene rings is 4. The van der Waals surface area contributed by atoms with Gasteiger partial charge in [-0.3, -0.25) is 9.59 Å². The van der Waals surface area contributed by atoms with Crippen LogP contribution in [0, 0.1) is 0 Å². The molecule has 0 radical (unpaired) electrons. The molecule has 228 valence electrons. The second-order valence-corrected chi connectivity index (χ2v) is 12.1. The Balaban J connectivity index is 1.38. The van der Waals surface area contributed by atoms with Crippen molar-refractivity contribution in [2.75, 3.05) is 0 Å². The normalized spacial score (nSPS) is 12.4. The summed E-state index contributed by atoms with van der Waals surface area (Å²) in [6.45, 7) is 1.86. The van der Waals surface area contributed by atoms with Crippen LogP contribution in [-0.4, -0.2) is 30.2 Å². The van der Waals surface area contributed by atoms with E-state index >= 15 is 0 Å². The molecule has 0 saturated heterocycles. The first-order valence-electron chi connectivity index (χ1n) is 13.2. The third-order valence-corrected chi connectivity index (χ3v) is 8.09. The molecule has 4 rings (SSSR count). The summed E-state index contributed by atoms with van der Waals surface area (Å²) in [5.74, 6) is -0.101. The number of hydrogen-bond acceptors (Lipinski definition) is 5. The fraction of sp³-hybridized carbons (Fsp3) is 0.156. The Morgan fingerprint density at radius 3 is 2.30 bits per heavy atom. The number of nitrogens with one attached hydrogen (secondary N) is 2. The smallest absolute Gasteiger partial charge is 0.262 e. The Hall–Kier alpha value is -3.27. The molecule has 2 N–H and O–H groups in total. The Bertz CT molecular complexity index is 1660. The number of carbonyl (C=O) groups is 2. The summed E-state index contributed by atoms with van der Waals surface area (Å²) in [6, 6.07) is 23.7. The van der Waals surface area contributed by atoms with Crippen molar-refractivity contribution in [3.05, 3.63) is 126 Å². The predicted octanol–water partition coefficient (Wildman–Crippen LogP) is 8.29. The summed E-state index contributed by atoms with van der Waals surface area (Å²) in [5, 5.41) is 8.50. The van der Waals surface area contributed by atoms with Gasteiger partial charge in [-0.1, -0.05) is 82.8 Å². The number of ether oxygens (including phenoxy) is 2. The second-order valence-electron chi connectivity index (χ2n) is 9.55. The zero-order chi connectivity index (χ0) is 31.6. The standard InChI is InChI=1S/C32H26BrCl4N3O4/c1-19(44-30-12-9-23(34)16-27(30)37)31(41)39-28(15-20-5-3-2-4-6-20)32(42)40-38-17-21-8-11-29(24(33)13-21)43-18-22-7-10-25(35)26(36)14-22/h2-14,16-17,19,28H,15,18H2,1H3,(H,39,41)(H,40,42)/b38-17-/t19-,28-/m1/s1. The maximum absolute atomic E-state index is 13.2. The minimum Gasteiger partial charge on any atom is -0.488 e. The van der Waals surface area contributed by atoms with Gasteiger partial charge in [0.15, 0.2) is 6.10 Å². The molecule has 0 aliphatic heterocycles. The molecule has 44 heavy (non-hydrogen) atoms. The molecule has 0 saturated carbocycles. The largest absolute Gasteiger partial charge is 0.488 e. The molecule has 2 amide bonds. The van der Waals surface area contributed by atoms with Crippen LogP contribution in [0.3, 0.4) is 0 Å². The van der Waals surface area contributed by atoms with Crippen molar-refractivity contribution in [1.29, 1.82) is 0 Å². The topological polar surface area (TPSA) is 89.0 Å². The van der Waals surface area contributed by atoms with Crippen molar-refractivity contribution in [3.63, 3.8) is 0 Å². The van der Waals surface area contributed by atoms with Crippen LogP contribution in [0.15, 0.2) is 94.5 Å². The highest BCUT2D eigenvalue weighted by Gasteiger charge is 2.25. The molecule has 4 aromatic carbocycles. The molecule has 0 unspecified atom stereocenters. The minimum absolute atomic E-state index is 0.235. The molecule has 4 aromatic rings. The van der Waals surface area contributed by atoms with Gasteiger partial charge >= 0.3 is 0 Å². The number of carbonyl (C=O) groups excluding carboxylic acids is 2. The van der Waals surface area contributed by atoms with E-state index in [-0.39, 0.29) is 11.4 Å². The zero-order valence-electron chi connectivity index (χ0n) is 23.2. The predicted molar refractivity (Wildman–Crippen MR) is 179 cm³/mol. The number of halogens is 5. The summed E-state index contributed by atoms with van der Waals surface area (Å²) >= 11 is 27.7. The number of hydrogen-bond donors (Lipinski definition) is 2. The van der Waals surface area contributed by atoms with E-state index in [1.54, 1.807) is 49.4 Å². The van der Waals surface area contributed by atoms with Crippen molar-refractivity contribution in [3.8, 4) is 11.5 Å². The molecule has 0 aliphatic carbocycles. The summed E-state index contributed by atoms with van der Waals surface area (Å²) < 4.78 is 12.3. The number of hydrazone groups is 1. The van der Waals surface area contributed by atoms with Gasteiger partial charge in [-0.15, -0.1) is 0 Å². The van der Waals surface area contributed by atoms with Gasteiger partial charge in [-0.2, -0.15) is 5.10 Å². The van der Waals surface area contributed by atoms with E-state index in [0.29, 0.717) is 43.2 Å². The van der Waals surface area contributed by atoms with Crippen LogP contribution in [0.4, 0.5) is 0 Å². The first-order chi connectivity index (χ1) is 21.1. The second kappa shape index (κ2) is 16.2. The van der Waals surface area contributed by atoms with Gasteiger partial charge in [0.1, 0.15) is 24.1 Å². The van der Waals surface area contributed by atoms with Crippen LogP contribution in [0.25, 0.3) is 0 Å². The van der Waals surface area contributed by atoms with E-state index in [1.165, 1.54) is 12.3 Å². The lowest BCUT2D eigenvalue weighted by atomic mass is 10.1. The maximum atomic E-state index is 13.2. The quantitative estimate of drug-likeness (QED) is 0.113. The zero-order valence-corrected chi connectivity index (χ0v) is 27.8. The Morgan fingerprint density at radius 1 is 0.841 bits per heavy atom. The minimum atomic E-state index is -0.946. The molecule has 0 aliphatic rings. The van der Waals surface area contributed by atoms with E-state index in [9.17, 15) is 9.59 Å². The lowest BCUT2D eigenvalue weighted by Crippen LogP contribution is -2.50. The average molecular weight is 738 g/mol. The van der Waals surface area contributed by atoms with Gasteiger partial charge in [-0.25, -0.2) is 5.43 Å². The summed E-state index contributed by atoms with van der Waals surface area (Å²) in [5.41, 5.74) is 4.94. The van der Waals surface area contributed by atoms with Crippen molar-refractivity contribution in [2.45, 2.75) is 32.1 Å². The molecule has 0 spiro atoms. The Morgan fingerprint density at radius 2 is 1.59 bits per heavy atom. The molecule has 0 heterocycles.